The zero-order valence-corrected chi connectivity index (χ0v) is 8.17. The van der Waals surface area contributed by atoms with E-state index in [4.69, 9.17) is 6.57 Å². The molecule has 74 valence electrons. The molecule has 0 N–H and O–H groups in total. The Bertz CT molecular complexity index is 468. The van der Waals surface area contributed by atoms with Crippen LogP contribution >= 0.6 is 0 Å². The molecule has 2 rings (SSSR count). The van der Waals surface area contributed by atoms with Crippen LogP contribution in [0.5, 0.6) is 0 Å². The number of rotatable bonds is 3. The maximum absolute atomic E-state index is 6.78. The predicted octanol–water partition coefficient (Wildman–Crippen LogP) is 1.73. The van der Waals surface area contributed by atoms with E-state index in [1.165, 1.54) is 0 Å². The van der Waals surface area contributed by atoms with Gasteiger partial charge in [-0.25, -0.2) is 6.57 Å². The van der Waals surface area contributed by atoms with Crippen LogP contribution < -0.4 is 0 Å². The van der Waals surface area contributed by atoms with Crippen LogP contribution in [0.25, 0.3) is 10.5 Å². The number of nitrogens with zero attached hydrogens (tertiary/aromatic N) is 4. The molecule has 1 aromatic heterocycles. The van der Waals surface area contributed by atoms with Crippen LogP contribution in [0, 0.1) is 6.57 Å². The number of hydrogen-bond acceptors (Lipinski definition) is 2. The van der Waals surface area contributed by atoms with Gasteiger partial charge in [0.25, 0.3) is 0 Å². The monoisotopic (exact) mass is 198 g/mol. The van der Waals surface area contributed by atoms with Crippen molar-refractivity contribution < 1.29 is 0 Å². The largest absolute Gasteiger partial charge is 0.317 e. The Morgan fingerprint density at radius 3 is 2.67 bits per heavy atom. The number of benzene rings is 1. The fourth-order valence-electron chi connectivity index (χ4n) is 1.43. The van der Waals surface area contributed by atoms with Crippen LogP contribution in [0.2, 0.25) is 0 Å². The first kappa shape index (κ1) is 9.41. The molecule has 0 aliphatic rings. The number of hydrogen-bond donors (Lipinski definition) is 0. The first-order chi connectivity index (χ1) is 7.42. The van der Waals surface area contributed by atoms with Crippen molar-refractivity contribution in [3.8, 4) is 5.69 Å². The van der Waals surface area contributed by atoms with Gasteiger partial charge in [0.15, 0.2) is 0 Å². The van der Waals surface area contributed by atoms with Gasteiger partial charge in [0.2, 0.25) is 6.54 Å². The molecule has 0 unspecified atom stereocenters. The van der Waals surface area contributed by atoms with Gasteiger partial charge in [-0.15, -0.1) is 0 Å². The molecular formula is C11H10N4. The minimum Gasteiger partial charge on any atom is -0.317 e. The second-order valence-electron chi connectivity index (χ2n) is 3.08. The molecule has 2 aromatic rings. The average Bonchev–Trinajstić information content (AvgIpc) is 2.80. The fourth-order valence-corrected chi connectivity index (χ4v) is 1.43. The molecule has 0 amide bonds. The Hall–Kier alpha value is -2.15. The summed E-state index contributed by atoms with van der Waals surface area (Å²) in [6, 6.07) is 7.87. The summed E-state index contributed by atoms with van der Waals surface area (Å²) >= 11 is 0. The lowest BCUT2D eigenvalue weighted by Gasteiger charge is -2.04. The van der Waals surface area contributed by atoms with Gasteiger partial charge in [0.1, 0.15) is 0 Å². The Balaban J connectivity index is 2.35. The lowest BCUT2D eigenvalue weighted by Crippen LogP contribution is -2.03. The molecule has 1 heterocycles. The third-order valence-electron chi connectivity index (χ3n) is 2.12. The van der Waals surface area contributed by atoms with Crippen molar-refractivity contribution in [2.45, 2.75) is 6.42 Å². The van der Waals surface area contributed by atoms with Gasteiger partial charge < -0.3 is 4.85 Å². The third-order valence-corrected chi connectivity index (χ3v) is 2.12. The molecule has 0 aliphatic carbocycles. The second kappa shape index (κ2) is 4.38. The van der Waals surface area contributed by atoms with Gasteiger partial charge in [-0.3, -0.25) is 0 Å². The van der Waals surface area contributed by atoms with Crippen molar-refractivity contribution in [3.05, 3.63) is 53.6 Å². The molecule has 15 heavy (non-hydrogen) atoms. The van der Waals surface area contributed by atoms with Crippen molar-refractivity contribution >= 4 is 0 Å². The fraction of sp³-hybridized carbons (Fsp3) is 0.182. The molecular weight excluding hydrogens is 188 g/mol. The van der Waals surface area contributed by atoms with Gasteiger partial charge in [-0.2, -0.15) is 15.0 Å². The van der Waals surface area contributed by atoms with E-state index >= 15 is 0 Å². The molecule has 4 nitrogen and oxygen atoms in total. The highest BCUT2D eigenvalue weighted by Crippen LogP contribution is 2.12. The van der Waals surface area contributed by atoms with E-state index in [9.17, 15) is 0 Å². The highest BCUT2D eigenvalue weighted by atomic mass is 15.5. The van der Waals surface area contributed by atoms with Gasteiger partial charge in [-0.05, 0) is 11.6 Å². The van der Waals surface area contributed by atoms with Crippen molar-refractivity contribution in [1.29, 1.82) is 0 Å². The van der Waals surface area contributed by atoms with Crippen molar-refractivity contribution in [2.24, 2.45) is 0 Å². The minimum absolute atomic E-state index is 0.498. The molecule has 0 spiro atoms. The Kier molecular flexibility index (Phi) is 2.75. The van der Waals surface area contributed by atoms with Crippen molar-refractivity contribution in [2.75, 3.05) is 6.54 Å². The maximum Gasteiger partial charge on any atom is 0.218 e. The lowest BCUT2D eigenvalue weighted by molar-refractivity contribution is 0.742. The van der Waals surface area contributed by atoms with E-state index in [1.807, 2.05) is 24.3 Å². The van der Waals surface area contributed by atoms with E-state index in [0.717, 1.165) is 17.7 Å². The molecule has 0 saturated carbocycles. The van der Waals surface area contributed by atoms with Crippen LogP contribution in [-0.2, 0) is 6.42 Å². The Morgan fingerprint density at radius 2 is 1.93 bits per heavy atom. The lowest BCUT2D eigenvalue weighted by atomic mass is 10.1. The summed E-state index contributed by atoms with van der Waals surface area (Å²) in [7, 11) is 0. The molecule has 4 heteroatoms. The molecule has 0 saturated heterocycles. The minimum atomic E-state index is 0.498. The zero-order valence-electron chi connectivity index (χ0n) is 8.17. The third kappa shape index (κ3) is 2.02. The summed E-state index contributed by atoms with van der Waals surface area (Å²) < 4.78 is 0. The van der Waals surface area contributed by atoms with Crippen molar-refractivity contribution in [3.63, 3.8) is 0 Å². The van der Waals surface area contributed by atoms with Crippen LogP contribution in [0.1, 0.15) is 5.56 Å². The van der Waals surface area contributed by atoms with E-state index in [1.54, 1.807) is 17.2 Å². The highest BCUT2D eigenvalue weighted by Gasteiger charge is 2.05. The average molecular weight is 198 g/mol. The molecule has 1 aromatic carbocycles. The van der Waals surface area contributed by atoms with Crippen LogP contribution in [0.15, 0.2) is 36.7 Å². The van der Waals surface area contributed by atoms with E-state index in [2.05, 4.69) is 15.0 Å². The standard InChI is InChI=1S/C11H10N4/c1-12-7-6-10-4-2-3-5-11(10)15-13-8-9-14-15/h2-5,8-9H,6-7H2. The summed E-state index contributed by atoms with van der Waals surface area (Å²) in [5.74, 6) is 0. The van der Waals surface area contributed by atoms with Gasteiger partial charge in [0.05, 0.1) is 18.1 Å². The number of para-hydroxylation sites is 1. The summed E-state index contributed by atoms with van der Waals surface area (Å²) in [6.07, 6.45) is 4.03. The SMILES string of the molecule is [C-]#[N+]CCc1ccccc1-n1nccn1. The summed E-state index contributed by atoms with van der Waals surface area (Å²) in [6.45, 7) is 7.28. The molecule has 0 atom stereocenters. The molecule has 0 radical (unpaired) electrons. The van der Waals surface area contributed by atoms with E-state index in [-0.39, 0.29) is 0 Å². The van der Waals surface area contributed by atoms with Crippen LogP contribution in [0.3, 0.4) is 0 Å². The predicted molar refractivity (Wildman–Crippen MR) is 56.5 cm³/mol. The normalized spacial score (nSPS) is 9.80. The smallest absolute Gasteiger partial charge is 0.218 e. The zero-order chi connectivity index (χ0) is 10.5. The van der Waals surface area contributed by atoms with Gasteiger partial charge >= 0.3 is 0 Å². The van der Waals surface area contributed by atoms with Crippen LogP contribution in [0.4, 0.5) is 0 Å². The summed E-state index contributed by atoms with van der Waals surface area (Å²) in [5.41, 5.74) is 2.05. The second-order valence-corrected chi connectivity index (χ2v) is 3.08. The van der Waals surface area contributed by atoms with Crippen molar-refractivity contribution in [1.82, 2.24) is 15.0 Å². The summed E-state index contributed by atoms with van der Waals surface area (Å²) in [4.78, 5) is 4.94. The quantitative estimate of drug-likeness (QED) is 0.704. The van der Waals surface area contributed by atoms with E-state index < -0.39 is 0 Å². The van der Waals surface area contributed by atoms with Crippen LogP contribution in [-0.4, -0.2) is 21.5 Å². The van der Waals surface area contributed by atoms with Gasteiger partial charge in [0, 0.05) is 6.42 Å². The maximum atomic E-state index is 6.78. The first-order valence-corrected chi connectivity index (χ1v) is 4.69. The Morgan fingerprint density at radius 1 is 1.20 bits per heavy atom. The van der Waals surface area contributed by atoms with E-state index in [0.29, 0.717) is 6.54 Å². The summed E-state index contributed by atoms with van der Waals surface area (Å²) in [5, 5.41) is 8.17. The molecule has 0 aliphatic heterocycles. The highest BCUT2D eigenvalue weighted by molar-refractivity contribution is 5.39. The Labute approximate surface area is 88.0 Å². The van der Waals surface area contributed by atoms with Gasteiger partial charge in [-0.1, -0.05) is 18.2 Å². The number of aromatic nitrogens is 3. The molecule has 0 fully saturated rings. The topological polar surface area (TPSA) is 35.1 Å². The first-order valence-electron chi connectivity index (χ1n) is 4.69. The molecule has 0 bridgehead atoms.